The van der Waals surface area contributed by atoms with E-state index in [2.05, 4.69) is 22.0 Å². The number of hydrogen-bond acceptors (Lipinski definition) is 5. The van der Waals surface area contributed by atoms with Gasteiger partial charge < -0.3 is 9.80 Å². The van der Waals surface area contributed by atoms with Crippen LogP contribution in [0, 0.1) is 0 Å². The van der Waals surface area contributed by atoms with Crippen LogP contribution in [0.2, 0.25) is 0 Å². The van der Waals surface area contributed by atoms with Crippen molar-refractivity contribution in [1.82, 2.24) is 9.88 Å². The smallest absolute Gasteiger partial charge is 0.264 e. The summed E-state index contributed by atoms with van der Waals surface area (Å²) in [6.07, 6.45) is 2.93. The van der Waals surface area contributed by atoms with Gasteiger partial charge in [0.15, 0.2) is 0 Å². The zero-order valence-electron chi connectivity index (χ0n) is 17.3. The molecule has 0 unspecified atom stereocenters. The van der Waals surface area contributed by atoms with Crippen LogP contribution in [0.3, 0.4) is 0 Å². The number of piperazine rings is 1. The third-order valence-electron chi connectivity index (χ3n) is 5.42. The fourth-order valence-electron chi connectivity index (χ4n) is 3.60. The molecule has 4 rings (SSSR count). The maximum Gasteiger partial charge on any atom is 0.264 e. The maximum absolute atomic E-state index is 13.0. The monoisotopic (exact) mass is 436 g/mol. The van der Waals surface area contributed by atoms with Gasteiger partial charge in [-0.2, -0.15) is 0 Å². The molecule has 0 N–H and O–H groups in total. The molecule has 160 valence electrons. The number of anilines is 2. The molecule has 0 aliphatic carbocycles. The summed E-state index contributed by atoms with van der Waals surface area (Å²) in [5, 5.41) is 0. The normalized spacial score (nSPS) is 14.4. The second kappa shape index (κ2) is 8.77. The highest BCUT2D eigenvalue weighted by Crippen LogP contribution is 2.23. The van der Waals surface area contributed by atoms with Crippen molar-refractivity contribution in [1.29, 1.82) is 0 Å². The molecule has 3 aromatic rings. The molecule has 1 aliphatic heterocycles. The van der Waals surface area contributed by atoms with Gasteiger partial charge in [-0.3, -0.25) is 14.1 Å². The topological polar surface area (TPSA) is 73.8 Å². The van der Waals surface area contributed by atoms with Gasteiger partial charge in [0.2, 0.25) is 0 Å². The minimum absolute atomic E-state index is 0.146. The van der Waals surface area contributed by atoms with Gasteiger partial charge in [-0.1, -0.05) is 36.4 Å². The molecular weight excluding hydrogens is 412 g/mol. The quantitative estimate of drug-likeness (QED) is 0.615. The van der Waals surface area contributed by atoms with Crippen LogP contribution in [0.4, 0.5) is 11.4 Å². The van der Waals surface area contributed by atoms with E-state index in [0.717, 1.165) is 23.1 Å². The highest BCUT2D eigenvalue weighted by molar-refractivity contribution is 7.92. The Hall–Kier alpha value is -3.39. The minimum atomic E-state index is -3.74. The molecule has 7 nitrogen and oxygen atoms in total. The summed E-state index contributed by atoms with van der Waals surface area (Å²) in [6.45, 7) is 2.67. The zero-order chi connectivity index (χ0) is 21.8. The lowest BCUT2D eigenvalue weighted by atomic mass is 10.2. The molecule has 1 aliphatic rings. The summed E-state index contributed by atoms with van der Waals surface area (Å²) in [4.78, 5) is 21.4. The van der Waals surface area contributed by atoms with Crippen molar-refractivity contribution < 1.29 is 13.2 Å². The predicted octanol–water partition coefficient (Wildman–Crippen LogP) is 2.87. The third kappa shape index (κ3) is 4.39. The van der Waals surface area contributed by atoms with Gasteiger partial charge in [0, 0.05) is 45.1 Å². The molecule has 0 bridgehead atoms. The van der Waals surface area contributed by atoms with Gasteiger partial charge in [-0.05, 0) is 30.3 Å². The highest BCUT2D eigenvalue weighted by Gasteiger charge is 2.25. The van der Waals surface area contributed by atoms with Crippen molar-refractivity contribution in [2.24, 2.45) is 0 Å². The van der Waals surface area contributed by atoms with Crippen LogP contribution in [0.5, 0.6) is 0 Å². The van der Waals surface area contributed by atoms with E-state index in [9.17, 15) is 13.2 Å². The van der Waals surface area contributed by atoms with E-state index >= 15 is 0 Å². The van der Waals surface area contributed by atoms with E-state index in [1.165, 1.54) is 19.4 Å². The number of hydrogen-bond donors (Lipinski definition) is 0. The van der Waals surface area contributed by atoms with E-state index < -0.39 is 10.0 Å². The number of carbonyl (C=O) groups is 1. The lowest BCUT2D eigenvalue weighted by molar-refractivity contribution is 0.0746. The summed E-state index contributed by atoms with van der Waals surface area (Å²) in [5.74, 6) is -0.146. The Balaban J connectivity index is 1.48. The van der Waals surface area contributed by atoms with Gasteiger partial charge in [-0.15, -0.1) is 0 Å². The SMILES string of the molecule is CN(c1cncc(C(=O)N2CCN(c3ccccc3)CC2)c1)S(=O)(=O)c1ccccc1. The first-order valence-corrected chi connectivity index (χ1v) is 11.5. The van der Waals surface area contributed by atoms with Gasteiger partial charge in [0.25, 0.3) is 15.9 Å². The van der Waals surface area contributed by atoms with E-state index in [4.69, 9.17) is 0 Å². The number of para-hydroxylation sites is 1. The van der Waals surface area contributed by atoms with E-state index in [0.29, 0.717) is 24.3 Å². The number of nitrogens with zero attached hydrogens (tertiary/aromatic N) is 4. The van der Waals surface area contributed by atoms with Gasteiger partial charge in [-0.25, -0.2) is 8.42 Å². The molecule has 8 heteroatoms. The first-order chi connectivity index (χ1) is 15.0. The zero-order valence-corrected chi connectivity index (χ0v) is 18.1. The standard InChI is InChI=1S/C23H24N4O3S/c1-25(31(29,30)22-10-6-3-7-11-22)21-16-19(17-24-18-21)23(28)27-14-12-26(13-15-27)20-8-4-2-5-9-20/h2-11,16-18H,12-15H2,1H3. The van der Waals surface area contributed by atoms with Gasteiger partial charge in [0.1, 0.15) is 0 Å². The van der Waals surface area contributed by atoms with E-state index in [1.807, 2.05) is 18.2 Å². The summed E-state index contributed by atoms with van der Waals surface area (Å²) in [6, 6.07) is 19.9. The Morgan fingerprint density at radius 1 is 0.903 bits per heavy atom. The predicted molar refractivity (Wildman–Crippen MR) is 121 cm³/mol. The number of sulfonamides is 1. The van der Waals surface area contributed by atoms with Crippen LogP contribution < -0.4 is 9.21 Å². The molecule has 1 fully saturated rings. The second-order valence-corrected chi connectivity index (χ2v) is 9.30. The van der Waals surface area contributed by atoms with Crippen LogP contribution in [-0.4, -0.2) is 57.4 Å². The first-order valence-electron chi connectivity index (χ1n) is 10.0. The largest absolute Gasteiger partial charge is 0.368 e. The van der Waals surface area contributed by atoms with Gasteiger partial charge >= 0.3 is 0 Å². The molecular formula is C23H24N4O3S. The molecule has 0 atom stereocenters. The molecule has 1 aromatic heterocycles. The van der Waals surface area contributed by atoms with Crippen LogP contribution in [0.1, 0.15) is 10.4 Å². The number of aromatic nitrogens is 1. The molecule has 2 heterocycles. The minimum Gasteiger partial charge on any atom is -0.368 e. The number of pyridine rings is 1. The first kappa shape index (κ1) is 20.9. The molecule has 31 heavy (non-hydrogen) atoms. The Bertz CT molecular complexity index is 1150. The van der Waals surface area contributed by atoms with Crippen molar-refractivity contribution in [3.8, 4) is 0 Å². The summed E-state index contributed by atoms with van der Waals surface area (Å²) < 4.78 is 26.9. The Morgan fingerprint density at radius 3 is 2.16 bits per heavy atom. The van der Waals surface area contributed by atoms with Crippen LogP contribution in [0.25, 0.3) is 0 Å². The average molecular weight is 437 g/mol. The fraction of sp³-hybridized carbons (Fsp3) is 0.217. The van der Waals surface area contributed by atoms with Gasteiger partial charge in [0.05, 0.1) is 22.3 Å². The van der Waals surface area contributed by atoms with Crippen LogP contribution in [0.15, 0.2) is 84.0 Å². The number of carbonyl (C=O) groups excluding carboxylic acids is 1. The molecule has 2 aromatic carbocycles. The van der Waals surface area contributed by atoms with Crippen molar-refractivity contribution in [3.05, 3.63) is 84.7 Å². The van der Waals surface area contributed by atoms with E-state index in [-0.39, 0.29) is 10.8 Å². The third-order valence-corrected chi connectivity index (χ3v) is 7.22. The van der Waals surface area contributed by atoms with Crippen molar-refractivity contribution >= 4 is 27.3 Å². The van der Waals surface area contributed by atoms with Crippen molar-refractivity contribution in [2.75, 3.05) is 42.4 Å². The molecule has 0 spiro atoms. The molecule has 1 saturated heterocycles. The van der Waals surface area contributed by atoms with Crippen LogP contribution in [-0.2, 0) is 10.0 Å². The van der Waals surface area contributed by atoms with Crippen molar-refractivity contribution in [3.63, 3.8) is 0 Å². The Morgan fingerprint density at radius 2 is 1.52 bits per heavy atom. The van der Waals surface area contributed by atoms with E-state index in [1.54, 1.807) is 41.3 Å². The Kier molecular flexibility index (Phi) is 5.90. The highest BCUT2D eigenvalue weighted by atomic mass is 32.2. The Labute approximate surface area is 182 Å². The molecule has 1 amide bonds. The number of amides is 1. The summed E-state index contributed by atoms with van der Waals surface area (Å²) in [5.41, 5.74) is 1.87. The lowest BCUT2D eigenvalue weighted by Gasteiger charge is -2.36. The maximum atomic E-state index is 13.0. The summed E-state index contributed by atoms with van der Waals surface area (Å²) >= 11 is 0. The number of benzene rings is 2. The average Bonchev–Trinajstić information content (AvgIpc) is 2.84. The second-order valence-electron chi connectivity index (χ2n) is 7.33. The summed E-state index contributed by atoms with van der Waals surface area (Å²) in [7, 11) is -2.27. The fourth-order valence-corrected chi connectivity index (χ4v) is 4.79. The lowest BCUT2D eigenvalue weighted by Crippen LogP contribution is -2.48. The van der Waals surface area contributed by atoms with Crippen molar-refractivity contribution in [2.45, 2.75) is 4.90 Å². The van der Waals surface area contributed by atoms with Crippen LogP contribution >= 0.6 is 0 Å². The molecule has 0 radical (unpaired) electrons. The molecule has 0 saturated carbocycles. The number of rotatable bonds is 5.